The zero-order valence-electron chi connectivity index (χ0n) is 13.0. The molecule has 3 rings (SSSR count). The van der Waals surface area contributed by atoms with Crippen LogP contribution < -0.4 is 10.1 Å². The number of ether oxygens (including phenoxy) is 1. The first-order valence-electron chi connectivity index (χ1n) is 7.87. The number of alkyl halides is 3. The summed E-state index contributed by atoms with van der Waals surface area (Å²) in [6.07, 6.45) is -3.31. The van der Waals surface area contributed by atoms with E-state index in [2.05, 4.69) is 10.1 Å². The number of nitrogens with zero attached hydrogens (tertiary/aromatic N) is 1. The van der Waals surface area contributed by atoms with E-state index in [1.807, 2.05) is 4.90 Å². The summed E-state index contributed by atoms with van der Waals surface area (Å²) in [4.78, 5) is 13.8. The fraction of sp³-hybridized carbons (Fsp3) is 0.562. The van der Waals surface area contributed by atoms with Crippen molar-refractivity contribution in [2.75, 3.05) is 19.6 Å². The highest BCUT2D eigenvalue weighted by atomic mass is 19.4. The van der Waals surface area contributed by atoms with Crippen LogP contribution in [0.1, 0.15) is 24.8 Å². The Kier molecular flexibility index (Phi) is 4.44. The summed E-state index contributed by atoms with van der Waals surface area (Å²) < 4.78 is 40.9. The topological polar surface area (TPSA) is 61.8 Å². The smallest absolute Gasteiger partial charge is 0.406 e. The third kappa shape index (κ3) is 3.64. The molecule has 2 aliphatic heterocycles. The van der Waals surface area contributed by atoms with Crippen molar-refractivity contribution in [1.82, 2.24) is 10.2 Å². The van der Waals surface area contributed by atoms with Crippen LogP contribution in [0.3, 0.4) is 0 Å². The van der Waals surface area contributed by atoms with E-state index in [0.717, 1.165) is 6.42 Å². The van der Waals surface area contributed by atoms with E-state index >= 15 is 0 Å². The summed E-state index contributed by atoms with van der Waals surface area (Å²) in [5, 5.41) is 13.6. The highest BCUT2D eigenvalue weighted by Crippen LogP contribution is 2.36. The van der Waals surface area contributed by atoms with Crippen LogP contribution in [-0.2, 0) is 10.4 Å². The number of rotatable bonds is 3. The summed E-state index contributed by atoms with van der Waals surface area (Å²) in [7, 11) is 0. The summed E-state index contributed by atoms with van der Waals surface area (Å²) >= 11 is 0. The molecule has 1 aromatic carbocycles. The van der Waals surface area contributed by atoms with Gasteiger partial charge in [0.05, 0.1) is 11.6 Å². The van der Waals surface area contributed by atoms with E-state index < -0.39 is 12.0 Å². The summed E-state index contributed by atoms with van der Waals surface area (Å²) in [5.41, 5.74) is -0.809. The minimum Gasteiger partial charge on any atom is -0.406 e. The Hall–Kier alpha value is -1.80. The maximum atomic E-state index is 12.3. The Balaban J connectivity index is 1.69. The van der Waals surface area contributed by atoms with Gasteiger partial charge in [-0.15, -0.1) is 13.2 Å². The molecule has 2 saturated heterocycles. The van der Waals surface area contributed by atoms with Crippen LogP contribution in [0.15, 0.2) is 24.3 Å². The second kappa shape index (κ2) is 6.25. The van der Waals surface area contributed by atoms with Gasteiger partial charge in [0.2, 0.25) is 5.91 Å². The number of likely N-dealkylation sites (tertiary alicyclic amines) is 1. The molecular formula is C16H19F3N2O3. The Bertz CT molecular complexity index is 613. The number of piperidine rings is 1. The minimum absolute atomic E-state index is 0.000939. The van der Waals surface area contributed by atoms with Gasteiger partial charge in [-0.1, -0.05) is 12.1 Å². The quantitative estimate of drug-likeness (QED) is 0.877. The van der Waals surface area contributed by atoms with Gasteiger partial charge < -0.3 is 15.2 Å². The number of nitrogens with one attached hydrogen (secondary N) is 1. The Morgan fingerprint density at radius 3 is 2.58 bits per heavy atom. The molecule has 0 radical (unpaired) electrons. The number of aliphatic hydroxyl groups is 1. The third-order valence-corrected chi connectivity index (χ3v) is 4.69. The average Bonchev–Trinajstić information content (AvgIpc) is 2.93. The normalized spacial score (nSPS) is 24.7. The van der Waals surface area contributed by atoms with Gasteiger partial charge in [-0.05, 0) is 37.0 Å². The van der Waals surface area contributed by atoms with Crippen LogP contribution in [0.4, 0.5) is 13.2 Å². The largest absolute Gasteiger partial charge is 0.573 e. The lowest BCUT2D eigenvalue weighted by molar-refractivity contribution is -0.274. The van der Waals surface area contributed by atoms with Gasteiger partial charge in [-0.3, -0.25) is 9.69 Å². The second-order valence-electron chi connectivity index (χ2n) is 6.24. The maximum absolute atomic E-state index is 12.3. The molecule has 8 heteroatoms. The molecule has 2 N–H and O–H groups in total. The molecule has 0 bridgehead atoms. The summed E-state index contributed by atoms with van der Waals surface area (Å²) in [6.45, 7) is 1.68. The molecule has 1 amide bonds. The SMILES string of the molecule is O=C1NCCC1N1CCC(O)(c2cccc(OC(F)(F)F)c2)CC1. The first-order chi connectivity index (χ1) is 11.3. The van der Waals surface area contributed by atoms with Crippen LogP contribution >= 0.6 is 0 Å². The summed E-state index contributed by atoms with van der Waals surface area (Å²) in [6, 6.07) is 5.30. The lowest BCUT2D eigenvalue weighted by atomic mass is 9.84. The molecule has 0 aromatic heterocycles. The second-order valence-corrected chi connectivity index (χ2v) is 6.24. The minimum atomic E-state index is -4.76. The molecule has 1 aromatic rings. The molecule has 2 heterocycles. The Morgan fingerprint density at radius 2 is 2.00 bits per heavy atom. The van der Waals surface area contributed by atoms with Gasteiger partial charge in [0.25, 0.3) is 0 Å². The number of hydrogen-bond donors (Lipinski definition) is 2. The van der Waals surface area contributed by atoms with Crippen LogP contribution in [0.5, 0.6) is 5.75 Å². The van der Waals surface area contributed by atoms with Crippen LogP contribution in [0.25, 0.3) is 0 Å². The molecule has 2 aliphatic rings. The van der Waals surface area contributed by atoms with Gasteiger partial charge in [0, 0.05) is 19.6 Å². The van der Waals surface area contributed by atoms with E-state index in [4.69, 9.17) is 0 Å². The van der Waals surface area contributed by atoms with E-state index in [-0.39, 0.29) is 17.7 Å². The van der Waals surface area contributed by atoms with E-state index in [1.165, 1.54) is 18.2 Å². The van der Waals surface area contributed by atoms with Crippen molar-refractivity contribution in [3.05, 3.63) is 29.8 Å². The number of carbonyl (C=O) groups excluding carboxylic acids is 1. The predicted molar refractivity (Wildman–Crippen MR) is 79.2 cm³/mol. The van der Waals surface area contributed by atoms with Crippen molar-refractivity contribution >= 4 is 5.91 Å². The van der Waals surface area contributed by atoms with Gasteiger partial charge >= 0.3 is 6.36 Å². The third-order valence-electron chi connectivity index (χ3n) is 4.69. The highest BCUT2D eigenvalue weighted by Gasteiger charge is 2.39. The van der Waals surface area contributed by atoms with Crippen molar-refractivity contribution in [2.45, 2.75) is 37.3 Å². The maximum Gasteiger partial charge on any atom is 0.573 e. The molecular weight excluding hydrogens is 325 g/mol. The average molecular weight is 344 g/mol. The standard InChI is InChI=1S/C16H19F3N2O3/c17-16(18,19)24-12-3-1-2-11(10-12)15(23)5-8-21(9-6-15)13-4-7-20-14(13)22/h1-3,10,13,23H,4-9H2,(H,20,22). The van der Waals surface area contributed by atoms with Gasteiger partial charge in [0.15, 0.2) is 0 Å². The fourth-order valence-corrected chi connectivity index (χ4v) is 3.41. The molecule has 0 aliphatic carbocycles. The monoisotopic (exact) mass is 344 g/mol. The predicted octanol–water partition coefficient (Wildman–Crippen LogP) is 1.76. The van der Waals surface area contributed by atoms with Crippen molar-refractivity contribution in [1.29, 1.82) is 0 Å². The van der Waals surface area contributed by atoms with Gasteiger partial charge in [-0.25, -0.2) is 0 Å². The van der Waals surface area contributed by atoms with Crippen molar-refractivity contribution in [2.24, 2.45) is 0 Å². The first-order valence-corrected chi connectivity index (χ1v) is 7.87. The van der Waals surface area contributed by atoms with E-state index in [1.54, 1.807) is 6.07 Å². The molecule has 1 unspecified atom stereocenters. The number of amides is 1. The van der Waals surface area contributed by atoms with Gasteiger partial charge in [0.1, 0.15) is 5.75 Å². The highest BCUT2D eigenvalue weighted by molar-refractivity contribution is 5.83. The van der Waals surface area contributed by atoms with Gasteiger partial charge in [-0.2, -0.15) is 0 Å². The molecule has 0 saturated carbocycles. The molecule has 2 fully saturated rings. The lowest BCUT2D eigenvalue weighted by Gasteiger charge is -2.40. The van der Waals surface area contributed by atoms with Crippen LogP contribution in [0.2, 0.25) is 0 Å². The van der Waals surface area contributed by atoms with Crippen LogP contribution in [0, 0.1) is 0 Å². The van der Waals surface area contributed by atoms with Crippen molar-refractivity contribution in [3.8, 4) is 5.75 Å². The molecule has 0 spiro atoms. The molecule has 132 valence electrons. The zero-order valence-corrected chi connectivity index (χ0v) is 13.0. The van der Waals surface area contributed by atoms with E-state index in [9.17, 15) is 23.1 Å². The fourth-order valence-electron chi connectivity index (χ4n) is 3.41. The van der Waals surface area contributed by atoms with Crippen molar-refractivity contribution < 1.29 is 27.8 Å². The van der Waals surface area contributed by atoms with Crippen LogP contribution in [-0.4, -0.2) is 48.0 Å². The molecule has 24 heavy (non-hydrogen) atoms. The molecule has 1 atom stereocenters. The number of hydrogen-bond acceptors (Lipinski definition) is 4. The van der Waals surface area contributed by atoms with Crippen molar-refractivity contribution in [3.63, 3.8) is 0 Å². The lowest BCUT2D eigenvalue weighted by Crippen LogP contribution is -2.49. The number of halogens is 3. The zero-order chi connectivity index (χ0) is 17.4. The summed E-state index contributed by atoms with van der Waals surface area (Å²) in [5.74, 6) is -0.341. The Morgan fingerprint density at radius 1 is 1.29 bits per heavy atom. The number of carbonyl (C=O) groups is 1. The Labute approximate surface area is 137 Å². The molecule has 5 nitrogen and oxygen atoms in total. The van der Waals surface area contributed by atoms with E-state index in [0.29, 0.717) is 38.0 Å². The number of benzene rings is 1. The first kappa shape index (κ1) is 17.0.